The van der Waals surface area contributed by atoms with Gasteiger partial charge in [-0.2, -0.15) is 4.98 Å². The van der Waals surface area contributed by atoms with Crippen molar-refractivity contribution in [1.29, 1.82) is 0 Å². The van der Waals surface area contributed by atoms with Gasteiger partial charge < -0.3 is 14.6 Å². The van der Waals surface area contributed by atoms with Gasteiger partial charge >= 0.3 is 6.01 Å². The molecule has 6 nitrogen and oxygen atoms in total. The van der Waals surface area contributed by atoms with Crippen LogP contribution in [0.4, 0.5) is 6.01 Å². The number of halogens is 1. The minimum Gasteiger partial charge on any atom is -0.423 e. The zero-order valence-electron chi connectivity index (χ0n) is 12.7. The number of aliphatic imine (C=N–C) groups is 1. The van der Waals surface area contributed by atoms with E-state index >= 15 is 0 Å². The third-order valence-corrected chi connectivity index (χ3v) is 5.57. The number of hydrogen-bond acceptors (Lipinski definition) is 6. The topological polar surface area (TPSA) is 65.7 Å². The van der Waals surface area contributed by atoms with E-state index < -0.39 is 0 Å². The molecule has 0 aliphatic carbocycles. The molecular formula is C16H18ClN5O. The van der Waals surface area contributed by atoms with E-state index in [4.69, 9.17) is 16.0 Å². The Balaban J connectivity index is 1.35. The Hall–Kier alpha value is -1.79. The molecule has 1 aromatic carbocycles. The smallest absolute Gasteiger partial charge is 0.302 e. The van der Waals surface area contributed by atoms with Gasteiger partial charge in [-0.15, -0.1) is 0 Å². The molecule has 2 bridgehead atoms. The van der Waals surface area contributed by atoms with Crippen molar-refractivity contribution >= 4 is 34.7 Å². The molecule has 6 rings (SSSR count). The van der Waals surface area contributed by atoms with Crippen molar-refractivity contribution in [2.24, 2.45) is 10.9 Å². The number of oxazole rings is 1. The molecule has 1 atom stereocenters. The van der Waals surface area contributed by atoms with E-state index in [0.717, 1.165) is 24.6 Å². The molecule has 3 fully saturated rings. The first-order chi connectivity index (χ1) is 11.2. The highest BCUT2D eigenvalue weighted by atomic mass is 35.5. The standard InChI is InChI=1S/C16H18ClN5O/c17-11-1-2-13-12(7-11)19-15(23-13)20-14-18-8-16(21-14)9-22-5-3-10(16)4-6-22/h1-2,7,10H,3-6,8-9H2,(H2,18,19,20,21). The molecule has 5 heterocycles. The lowest BCUT2D eigenvalue weighted by Crippen LogP contribution is -2.66. The fourth-order valence-corrected chi connectivity index (χ4v) is 4.32. The normalized spacial score (nSPS) is 32.3. The SMILES string of the molecule is Clc1ccc2oc(NC3=NCC4(CN5CCC4CC5)N3)nc2c1. The highest BCUT2D eigenvalue weighted by Crippen LogP contribution is 2.37. The second-order valence-corrected chi connectivity index (χ2v) is 7.19. The highest BCUT2D eigenvalue weighted by Gasteiger charge is 2.49. The molecule has 1 aromatic heterocycles. The Morgan fingerprint density at radius 1 is 1.35 bits per heavy atom. The number of fused-ring (bicyclic) bond motifs is 3. The largest absolute Gasteiger partial charge is 0.423 e. The van der Waals surface area contributed by atoms with Crippen LogP contribution >= 0.6 is 11.6 Å². The monoisotopic (exact) mass is 331 g/mol. The minimum absolute atomic E-state index is 0.0914. The number of rotatable bonds is 1. The van der Waals surface area contributed by atoms with Crippen molar-refractivity contribution in [3.8, 4) is 0 Å². The quantitative estimate of drug-likeness (QED) is 0.839. The van der Waals surface area contributed by atoms with Crippen LogP contribution in [0.15, 0.2) is 27.6 Å². The number of benzene rings is 1. The molecule has 23 heavy (non-hydrogen) atoms. The van der Waals surface area contributed by atoms with Gasteiger partial charge in [-0.05, 0) is 50.0 Å². The first-order valence-corrected chi connectivity index (χ1v) is 8.46. The Kier molecular flexibility index (Phi) is 2.87. The second-order valence-electron chi connectivity index (χ2n) is 6.75. The predicted molar refractivity (Wildman–Crippen MR) is 90.0 cm³/mol. The van der Waals surface area contributed by atoms with Crippen molar-refractivity contribution in [3.05, 3.63) is 23.2 Å². The first kappa shape index (κ1) is 13.6. The molecule has 1 spiro atoms. The molecule has 2 N–H and O–H groups in total. The summed E-state index contributed by atoms with van der Waals surface area (Å²) in [6, 6.07) is 5.87. The van der Waals surface area contributed by atoms with Crippen LogP contribution in [0.1, 0.15) is 12.8 Å². The van der Waals surface area contributed by atoms with E-state index in [1.807, 2.05) is 6.07 Å². The van der Waals surface area contributed by atoms with Gasteiger partial charge in [-0.3, -0.25) is 10.3 Å². The second kappa shape index (κ2) is 4.85. The van der Waals surface area contributed by atoms with Crippen LogP contribution in [0, 0.1) is 5.92 Å². The summed E-state index contributed by atoms with van der Waals surface area (Å²) in [6.45, 7) is 4.35. The number of guanidine groups is 1. The highest BCUT2D eigenvalue weighted by molar-refractivity contribution is 6.31. The molecule has 0 amide bonds. The summed E-state index contributed by atoms with van der Waals surface area (Å²) in [6.07, 6.45) is 2.52. The number of piperidine rings is 3. The lowest BCUT2D eigenvalue weighted by Gasteiger charge is -2.51. The first-order valence-electron chi connectivity index (χ1n) is 8.08. The fraction of sp³-hybridized carbons (Fsp3) is 0.500. The molecule has 4 aliphatic heterocycles. The molecule has 7 heteroatoms. The number of nitrogens with zero attached hydrogens (tertiary/aromatic N) is 3. The number of hydrogen-bond donors (Lipinski definition) is 2. The van der Waals surface area contributed by atoms with E-state index in [1.165, 1.54) is 25.9 Å². The molecule has 2 aromatic rings. The van der Waals surface area contributed by atoms with E-state index in [1.54, 1.807) is 12.1 Å². The van der Waals surface area contributed by atoms with Crippen LogP contribution in [0.5, 0.6) is 0 Å². The van der Waals surface area contributed by atoms with Crippen LogP contribution in [0.2, 0.25) is 5.02 Å². The summed E-state index contributed by atoms with van der Waals surface area (Å²) in [4.78, 5) is 11.6. The summed E-state index contributed by atoms with van der Waals surface area (Å²) in [7, 11) is 0. The maximum Gasteiger partial charge on any atom is 0.302 e. The van der Waals surface area contributed by atoms with Crippen LogP contribution in [0.25, 0.3) is 11.1 Å². The molecular weight excluding hydrogens is 314 g/mol. The molecule has 0 radical (unpaired) electrons. The third kappa shape index (κ3) is 2.20. The minimum atomic E-state index is 0.0914. The Morgan fingerprint density at radius 2 is 2.22 bits per heavy atom. The van der Waals surface area contributed by atoms with Gasteiger partial charge in [0, 0.05) is 11.6 Å². The van der Waals surface area contributed by atoms with Crippen LogP contribution in [-0.2, 0) is 0 Å². The average molecular weight is 332 g/mol. The molecule has 3 saturated heterocycles. The van der Waals surface area contributed by atoms with E-state index in [9.17, 15) is 0 Å². The molecule has 1 unspecified atom stereocenters. The van der Waals surface area contributed by atoms with Crippen LogP contribution in [-0.4, -0.2) is 47.6 Å². The predicted octanol–water partition coefficient (Wildman–Crippen LogP) is 2.32. The van der Waals surface area contributed by atoms with Crippen molar-refractivity contribution in [2.45, 2.75) is 18.4 Å². The van der Waals surface area contributed by atoms with Crippen LogP contribution in [0.3, 0.4) is 0 Å². The van der Waals surface area contributed by atoms with Gasteiger partial charge in [0.15, 0.2) is 11.5 Å². The van der Waals surface area contributed by atoms with Gasteiger partial charge in [-0.1, -0.05) is 11.6 Å². The number of anilines is 1. The Bertz CT molecular complexity index is 795. The maximum absolute atomic E-state index is 5.99. The zero-order valence-corrected chi connectivity index (χ0v) is 13.4. The number of nitrogens with one attached hydrogen (secondary N) is 2. The van der Waals surface area contributed by atoms with E-state index in [0.29, 0.717) is 22.5 Å². The van der Waals surface area contributed by atoms with Crippen molar-refractivity contribution in [1.82, 2.24) is 15.2 Å². The maximum atomic E-state index is 5.99. The Labute approximate surface area is 138 Å². The van der Waals surface area contributed by atoms with Crippen molar-refractivity contribution in [2.75, 3.05) is 31.5 Å². The Morgan fingerprint density at radius 3 is 3.00 bits per heavy atom. The van der Waals surface area contributed by atoms with E-state index in [-0.39, 0.29) is 5.54 Å². The van der Waals surface area contributed by atoms with E-state index in [2.05, 4.69) is 25.5 Å². The zero-order chi connectivity index (χ0) is 15.4. The van der Waals surface area contributed by atoms with Crippen LogP contribution < -0.4 is 10.6 Å². The summed E-state index contributed by atoms with van der Waals surface area (Å²) in [5.41, 5.74) is 1.55. The summed E-state index contributed by atoms with van der Waals surface area (Å²) >= 11 is 5.99. The summed E-state index contributed by atoms with van der Waals surface area (Å²) in [5, 5.41) is 7.45. The summed E-state index contributed by atoms with van der Waals surface area (Å²) < 4.78 is 5.71. The van der Waals surface area contributed by atoms with Crippen molar-refractivity contribution in [3.63, 3.8) is 0 Å². The lowest BCUT2D eigenvalue weighted by atomic mass is 9.73. The molecule has 120 valence electrons. The molecule has 0 saturated carbocycles. The van der Waals surface area contributed by atoms with Gasteiger partial charge in [0.1, 0.15) is 5.52 Å². The lowest BCUT2D eigenvalue weighted by molar-refractivity contribution is 0.0270. The molecule has 4 aliphatic rings. The average Bonchev–Trinajstić information content (AvgIpc) is 3.12. The van der Waals surface area contributed by atoms with Gasteiger partial charge in [0.2, 0.25) is 0 Å². The number of aromatic nitrogens is 1. The van der Waals surface area contributed by atoms with Crippen molar-refractivity contribution < 1.29 is 4.42 Å². The third-order valence-electron chi connectivity index (χ3n) is 5.34. The van der Waals surface area contributed by atoms with Gasteiger partial charge in [0.05, 0.1) is 12.1 Å². The van der Waals surface area contributed by atoms with Gasteiger partial charge in [0.25, 0.3) is 0 Å². The van der Waals surface area contributed by atoms with Gasteiger partial charge in [-0.25, -0.2) is 0 Å². The fourth-order valence-electron chi connectivity index (χ4n) is 4.15. The summed E-state index contributed by atoms with van der Waals surface area (Å²) in [5.74, 6) is 1.47.